The maximum absolute atomic E-state index is 11.9. The lowest BCUT2D eigenvalue weighted by atomic mass is 9.54. The maximum Gasteiger partial charge on any atom is 0.408 e. The van der Waals surface area contributed by atoms with Crippen molar-refractivity contribution in [3.63, 3.8) is 0 Å². The Morgan fingerprint density at radius 1 is 1.30 bits per heavy atom. The monoisotopic (exact) mass is 379 g/mol. The summed E-state index contributed by atoms with van der Waals surface area (Å²) in [7, 11) is 0. The van der Waals surface area contributed by atoms with Gasteiger partial charge in [-0.25, -0.2) is 9.59 Å². The lowest BCUT2D eigenvalue weighted by Gasteiger charge is -2.58. The number of carbonyl (C=O) groups excluding carboxylic acids is 1. The van der Waals surface area contributed by atoms with Gasteiger partial charge < -0.3 is 20.1 Å². The standard InChI is InChI=1S/C20H33N3O4/c1-4-14-15(11-19(14)5-8-23(12-19)18(25)26)22-9-6-20(7-10-22)16(13(2)3)21-17(24)27-20/h13-16H,4-12H2,1-3H3,(H,21,24)(H,25,26). The molecule has 2 amide bonds. The van der Waals surface area contributed by atoms with Gasteiger partial charge in [0.15, 0.2) is 0 Å². The zero-order chi connectivity index (χ0) is 19.4. The van der Waals surface area contributed by atoms with E-state index in [4.69, 9.17) is 4.74 Å². The Morgan fingerprint density at radius 3 is 2.56 bits per heavy atom. The van der Waals surface area contributed by atoms with E-state index >= 15 is 0 Å². The molecule has 0 bridgehead atoms. The smallest absolute Gasteiger partial charge is 0.408 e. The number of hydrogen-bond acceptors (Lipinski definition) is 4. The molecule has 4 aliphatic rings. The average molecular weight is 380 g/mol. The molecule has 1 aliphatic carbocycles. The number of carbonyl (C=O) groups is 2. The summed E-state index contributed by atoms with van der Waals surface area (Å²) < 4.78 is 5.78. The molecule has 4 unspecified atom stereocenters. The topological polar surface area (TPSA) is 82.1 Å². The number of hydrogen-bond donors (Lipinski definition) is 2. The summed E-state index contributed by atoms with van der Waals surface area (Å²) in [5.74, 6) is 0.930. The number of nitrogens with one attached hydrogen (secondary N) is 1. The second-order valence-electron chi connectivity index (χ2n) is 9.46. The minimum atomic E-state index is -0.777. The molecule has 0 aromatic heterocycles. The highest BCUT2D eigenvalue weighted by atomic mass is 16.6. The molecule has 0 radical (unpaired) electrons. The largest absolute Gasteiger partial charge is 0.465 e. The van der Waals surface area contributed by atoms with Gasteiger partial charge in [-0.3, -0.25) is 4.90 Å². The number of nitrogens with zero attached hydrogens (tertiary/aromatic N) is 2. The molecule has 2 spiro atoms. The molecule has 2 N–H and O–H groups in total. The summed E-state index contributed by atoms with van der Waals surface area (Å²) in [5.41, 5.74) is -0.160. The molecule has 4 atom stereocenters. The summed E-state index contributed by atoms with van der Waals surface area (Å²) in [6.07, 6.45) is 3.93. The molecule has 0 aromatic rings. The molecule has 7 heteroatoms. The first kappa shape index (κ1) is 18.8. The highest BCUT2D eigenvalue weighted by molar-refractivity contribution is 5.71. The van der Waals surface area contributed by atoms with Crippen molar-refractivity contribution in [3.05, 3.63) is 0 Å². The first-order valence-electron chi connectivity index (χ1n) is 10.5. The van der Waals surface area contributed by atoms with Gasteiger partial charge in [0.25, 0.3) is 0 Å². The van der Waals surface area contributed by atoms with Gasteiger partial charge in [-0.1, -0.05) is 27.2 Å². The quantitative estimate of drug-likeness (QED) is 0.788. The molecule has 0 aromatic carbocycles. The number of piperidine rings is 1. The highest BCUT2D eigenvalue weighted by Crippen LogP contribution is 2.56. The van der Waals surface area contributed by atoms with Crippen molar-refractivity contribution in [3.8, 4) is 0 Å². The van der Waals surface area contributed by atoms with E-state index in [1.54, 1.807) is 4.90 Å². The number of ether oxygens (including phenoxy) is 1. The van der Waals surface area contributed by atoms with Crippen molar-refractivity contribution >= 4 is 12.2 Å². The highest BCUT2D eigenvalue weighted by Gasteiger charge is 2.59. The fraction of sp³-hybridized carbons (Fsp3) is 0.900. The second kappa shape index (κ2) is 6.54. The van der Waals surface area contributed by atoms with E-state index in [2.05, 4.69) is 31.0 Å². The predicted molar refractivity (Wildman–Crippen MR) is 101 cm³/mol. The Hall–Kier alpha value is -1.50. The van der Waals surface area contributed by atoms with Gasteiger partial charge >= 0.3 is 12.2 Å². The molecule has 3 saturated heterocycles. The lowest BCUT2D eigenvalue weighted by Crippen LogP contribution is -2.63. The molecule has 1 saturated carbocycles. The van der Waals surface area contributed by atoms with Crippen LogP contribution in [-0.4, -0.2) is 71.0 Å². The summed E-state index contributed by atoms with van der Waals surface area (Å²) in [5, 5.41) is 12.3. The van der Waals surface area contributed by atoms with E-state index in [9.17, 15) is 14.7 Å². The van der Waals surface area contributed by atoms with Crippen molar-refractivity contribution < 1.29 is 19.4 Å². The second-order valence-corrected chi connectivity index (χ2v) is 9.46. The van der Waals surface area contributed by atoms with E-state index in [1.165, 1.54) is 0 Å². The zero-order valence-corrected chi connectivity index (χ0v) is 16.7. The number of amides is 2. The van der Waals surface area contributed by atoms with Gasteiger partial charge in [0, 0.05) is 45.1 Å². The van der Waals surface area contributed by atoms with E-state index < -0.39 is 6.09 Å². The third-order valence-electron chi connectivity index (χ3n) is 7.88. The minimum absolute atomic E-state index is 0.0980. The zero-order valence-electron chi connectivity index (χ0n) is 16.7. The van der Waals surface area contributed by atoms with Crippen molar-refractivity contribution in [2.24, 2.45) is 17.3 Å². The van der Waals surface area contributed by atoms with Crippen molar-refractivity contribution in [1.29, 1.82) is 0 Å². The fourth-order valence-corrected chi connectivity index (χ4v) is 6.53. The van der Waals surface area contributed by atoms with Crippen LogP contribution in [0.15, 0.2) is 0 Å². The number of alkyl carbamates (subject to hydrolysis) is 1. The summed E-state index contributed by atoms with van der Waals surface area (Å²) >= 11 is 0. The average Bonchev–Trinajstić information content (AvgIpc) is 3.18. The molecular weight excluding hydrogens is 346 g/mol. The summed E-state index contributed by atoms with van der Waals surface area (Å²) in [6.45, 7) is 9.82. The number of carboxylic acid groups (broad SMARTS) is 1. The van der Waals surface area contributed by atoms with Gasteiger partial charge in [-0.05, 0) is 30.1 Å². The van der Waals surface area contributed by atoms with Gasteiger partial charge in [0.1, 0.15) is 5.60 Å². The van der Waals surface area contributed by atoms with Gasteiger partial charge in [0.2, 0.25) is 0 Å². The summed E-state index contributed by atoms with van der Waals surface area (Å²) in [6, 6.07) is 0.643. The van der Waals surface area contributed by atoms with Gasteiger partial charge in [-0.15, -0.1) is 0 Å². The molecular formula is C20H33N3O4. The Kier molecular flexibility index (Phi) is 4.56. The van der Waals surface area contributed by atoms with Crippen molar-refractivity contribution in [1.82, 2.24) is 15.1 Å². The van der Waals surface area contributed by atoms with E-state index in [0.717, 1.165) is 45.2 Å². The molecule has 7 nitrogen and oxygen atoms in total. The minimum Gasteiger partial charge on any atom is -0.465 e. The van der Waals surface area contributed by atoms with Crippen LogP contribution in [0.4, 0.5) is 9.59 Å². The van der Waals surface area contributed by atoms with Crippen molar-refractivity contribution in [2.75, 3.05) is 26.2 Å². The number of rotatable bonds is 3. The van der Waals surface area contributed by atoms with E-state index in [-0.39, 0.29) is 23.2 Å². The first-order valence-corrected chi connectivity index (χ1v) is 10.5. The normalized spacial score (nSPS) is 38.3. The maximum atomic E-state index is 11.9. The van der Waals surface area contributed by atoms with Crippen LogP contribution in [0.5, 0.6) is 0 Å². The lowest BCUT2D eigenvalue weighted by molar-refractivity contribution is -0.104. The van der Waals surface area contributed by atoms with Crippen LogP contribution in [0.2, 0.25) is 0 Å². The third-order valence-corrected chi connectivity index (χ3v) is 7.88. The first-order chi connectivity index (χ1) is 12.8. The van der Waals surface area contributed by atoms with Crippen LogP contribution in [0, 0.1) is 17.3 Å². The van der Waals surface area contributed by atoms with Crippen molar-refractivity contribution in [2.45, 2.75) is 70.6 Å². The van der Waals surface area contributed by atoms with Gasteiger partial charge in [0.05, 0.1) is 6.04 Å². The molecule has 4 rings (SSSR count). The Balaban J connectivity index is 1.39. The third kappa shape index (κ3) is 2.89. The predicted octanol–water partition coefficient (Wildman–Crippen LogP) is 2.75. The van der Waals surface area contributed by atoms with Crippen LogP contribution in [0.3, 0.4) is 0 Å². The van der Waals surface area contributed by atoms with Crippen LogP contribution < -0.4 is 5.32 Å². The Labute approximate surface area is 161 Å². The van der Waals surface area contributed by atoms with E-state index in [0.29, 0.717) is 31.0 Å². The molecule has 27 heavy (non-hydrogen) atoms. The molecule has 4 fully saturated rings. The molecule has 3 aliphatic heterocycles. The van der Waals surface area contributed by atoms with Crippen LogP contribution in [0.1, 0.15) is 52.9 Å². The SMILES string of the molecule is CCC1C(N2CCC3(CC2)OC(=O)NC3C(C)C)CC12CCN(C(=O)O)C2. The Morgan fingerprint density at radius 2 is 2.00 bits per heavy atom. The van der Waals surface area contributed by atoms with Crippen LogP contribution in [0.25, 0.3) is 0 Å². The van der Waals surface area contributed by atoms with Gasteiger partial charge in [-0.2, -0.15) is 0 Å². The molecule has 3 heterocycles. The van der Waals surface area contributed by atoms with E-state index in [1.807, 2.05) is 0 Å². The van der Waals surface area contributed by atoms with Crippen LogP contribution >= 0.6 is 0 Å². The van der Waals surface area contributed by atoms with Crippen LogP contribution in [-0.2, 0) is 4.74 Å². The Bertz CT molecular complexity index is 616. The number of likely N-dealkylation sites (tertiary alicyclic amines) is 2. The summed E-state index contributed by atoms with van der Waals surface area (Å²) in [4.78, 5) is 27.4. The fourth-order valence-electron chi connectivity index (χ4n) is 6.53. The molecule has 152 valence electrons.